The number of amides is 2. The molecule has 0 aliphatic carbocycles. The second-order valence-corrected chi connectivity index (χ2v) is 11.7. The Labute approximate surface area is 223 Å². The average Bonchev–Trinajstić information content (AvgIpc) is 2.80. The van der Waals surface area contributed by atoms with Crippen molar-refractivity contribution in [2.24, 2.45) is 0 Å². The number of hydrogen-bond donors (Lipinski definition) is 1. The van der Waals surface area contributed by atoms with Crippen molar-refractivity contribution >= 4 is 43.5 Å². The van der Waals surface area contributed by atoms with Gasteiger partial charge in [-0.3, -0.25) is 13.9 Å². The van der Waals surface area contributed by atoms with E-state index in [2.05, 4.69) is 21.2 Å². The highest BCUT2D eigenvalue weighted by Gasteiger charge is 2.27. The summed E-state index contributed by atoms with van der Waals surface area (Å²) in [7, 11) is -3.56. The van der Waals surface area contributed by atoms with Crippen LogP contribution in [0, 0.1) is 0 Å². The molecule has 36 heavy (non-hydrogen) atoms. The number of halogens is 1. The highest BCUT2D eigenvalue weighted by Crippen LogP contribution is 2.23. The molecule has 0 radical (unpaired) electrons. The molecule has 0 unspecified atom stereocenters. The molecule has 1 N–H and O–H groups in total. The molecule has 2 rings (SSSR count). The van der Waals surface area contributed by atoms with Gasteiger partial charge in [0.1, 0.15) is 11.8 Å². The minimum atomic E-state index is -3.56. The van der Waals surface area contributed by atoms with Gasteiger partial charge in [-0.15, -0.1) is 0 Å². The van der Waals surface area contributed by atoms with Gasteiger partial charge < -0.3 is 15.0 Å². The van der Waals surface area contributed by atoms with Gasteiger partial charge in [0.15, 0.2) is 0 Å². The summed E-state index contributed by atoms with van der Waals surface area (Å²) in [5, 5.41) is 2.86. The van der Waals surface area contributed by atoms with Gasteiger partial charge in [0.05, 0.1) is 18.6 Å². The number of carbonyl (C=O) groups excluding carboxylic acids is 2. The molecule has 0 fully saturated rings. The number of carbonyl (C=O) groups is 2. The molecule has 2 amide bonds. The van der Waals surface area contributed by atoms with E-state index in [-0.39, 0.29) is 37.4 Å². The largest absolute Gasteiger partial charge is 0.494 e. The smallest absolute Gasteiger partial charge is 0.242 e. The van der Waals surface area contributed by atoms with Crippen LogP contribution in [0.5, 0.6) is 5.75 Å². The lowest BCUT2D eigenvalue weighted by molar-refractivity contribution is -0.140. The Kier molecular flexibility index (Phi) is 11.2. The summed E-state index contributed by atoms with van der Waals surface area (Å²) in [5.41, 5.74) is 1.40. The van der Waals surface area contributed by atoms with E-state index in [1.807, 2.05) is 45.0 Å². The third-order valence-electron chi connectivity index (χ3n) is 5.45. The van der Waals surface area contributed by atoms with Crippen molar-refractivity contribution in [2.45, 2.75) is 59.2 Å². The first-order valence-corrected chi connectivity index (χ1v) is 14.6. The summed E-state index contributed by atoms with van der Waals surface area (Å²) >= 11 is 3.41. The van der Waals surface area contributed by atoms with Crippen LogP contribution >= 0.6 is 15.9 Å². The van der Waals surface area contributed by atoms with Gasteiger partial charge in [-0.05, 0) is 76.1 Å². The molecular weight excluding hydrogens is 546 g/mol. The Hall–Kier alpha value is -2.59. The number of hydrogen-bond acceptors (Lipinski definition) is 5. The first-order chi connectivity index (χ1) is 16.9. The van der Waals surface area contributed by atoms with E-state index in [9.17, 15) is 18.0 Å². The standard InChI is InChI=1S/C26H36BrN3O5S/c1-6-35-24-15-13-23(14-16-24)30(36(5,33)34)17-7-8-25(31)29(20(4)26(32)28-19(2)3)18-21-9-11-22(27)12-10-21/h9-16,19-20H,6-8,17-18H2,1-5H3,(H,28,32)/t20-/m1/s1. The fraction of sp³-hybridized carbons (Fsp3) is 0.462. The molecule has 0 aliphatic heterocycles. The zero-order valence-corrected chi connectivity index (χ0v) is 23.9. The number of benzene rings is 2. The van der Waals surface area contributed by atoms with E-state index in [0.717, 1.165) is 16.3 Å². The van der Waals surface area contributed by atoms with Gasteiger partial charge >= 0.3 is 0 Å². The second kappa shape index (κ2) is 13.6. The van der Waals surface area contributed by atoms with Crippen molar-refractivity contribution in [3.63, 3.8) is 0 Å². The second-order valence-electron chi connectivity index (χ2n) is 8.85. The Morgan fingerprint density at radius 2 is 1.64 bits per heavy atom. The molecule has 2 aromatic rings. The molecule has 2 aromatic carbocycles. The molecule has 0 aliphatic rings. The predicted molar refractivity (Wildman–Crippen MR) is 146 cm³/mol. The fourth-order valence-electron chi connectivity index (χ4n) is 3.65. The normalized spacial score (nSPS) is 12.2. The number of sulfonamides is 1. The van der Waals surface area contributed by atoms with Crippen LogP contribution in [0.1, 0.15) is 46.1 Å². The van der Waals surface area contributed by atoms with Crippen LogP contribution in [-0.4, -0.2) is 56.6 Å². The molecule has 0 heterocycles. The van der Waals surface area contributed by atoms with Crippen LogP contribution in [-0.2, 0) is 26.2 Å². The highest BCUT2D eigenvalue weighted by molar-refractivity contribution is 9.10. The molecule has 0 spiro atoms. The van der Waals surface area contributed by atoms with Gasteiger partial charge in [-0.25, -0.2) is 8.42 Å². The highest BCUT2D eigenvalue weighted by atomic mass is 79.9. The number of rotatable bonds is 13. The van der Waals surface area contributed by atoms with Gasteiger partial charge in [-0.1, -0.05) is 28.1 Å². The molecule has 1 atom stereocenters. The fourth-order valence-corrected chi connectivity index (χ4v) is 4.88. The molecular formula is C26H36BrN3O5S. The van der Waals surface area contributed by atoms with Crippen molar-refractivity contribution in [1.29, 1.82) is 0 Å². The maximum atomic E-state index is 13.3. The topological polar surface area (TPSA) is 96.0 Å². The number of nitrogens with one attached hydrogen (secondary N) is 1. The van der Waals surface area contributed by atoms with Gasteiger partial charge in [0, 0.05) is 30.0 Å². The van der Waals surface area contributed by atoms with E-state index in [1.54, 1.807) is 36.1 Å². The molecule has 0 saturated heterocycles. The Morgan fingerprint density at radius 3 is 2.17 bits per heavy atom. The van der Waals surface area contributed by atoms with Crippen molar-refractivity contribution < 1.29 is 22.7 Å². The summed E-state index contributed by atoms with van der Waals surface area (Å²) in [6, 6.07) is 13.6. The lowest BCUT2D eigenvalue weighted by Gasteiger charge is -2.30. The van der Waals surface area contributed by atoms with E-state index < -0.39 is 16.1 Å². The quantitative estimate of drug-likeness (QED) is 0.379. The molecule has 8 nitrogen and oxygen atoms in total. The zero-order valence-electron chi connectivity index (χ0n) is 21.5. The van der Waals surface area contributed by atoms with Crippen LogP contribution in [0.3, 0.4) is 0 Å². The van der Waals surface area contributed by atoms with Crippen molar-refractivity contribution in [3.05, 3.63) is 58.6 Å². The molecule has 0 aromatic heterocycles. The van der Waals surface area contributed by atoms with Gasteiger partial charge in [0.2, 0.25) is 21.8 Å². The van der Waals surface area contributed by atoms with Gasteiger partial charge in [-0.2, -0.15) is 0 Å². The minimum absolute atomic E-state index is 0.0537. The summed E-state index contributed by atoms with van der Waals surface area (Å²) in [6.45, 7) is 8.24. The molecule has 0 bridgehead atoms. The van der Waals surface area contributed by atoms with E-state index in [0.29, 0.717) is 24.5 Å². The zero-order chi connectivity index (χ0) is 26.9. The van der Waals surface area contributed by atoms with Crippen molar-refractivity contribution in [1.82, 2.24) is 10.2 Å². The lowest BCUT2D eigenvalue weighted by Crippen LogP contribution is -2.49. The Bertz CT molecular complexity index is 1110. The molecule has 10 heteroatoms. The van der Waals surface area contributed by atoms with E-state index in [4.69, 9.17) is 4.74 Å². The predicted octanol–water partition coefficient (Wildman–Crippen LogP) is 4.34. The van der Waals surface area contributed by atoms with E-state index in [1.165, 1.54) is 4.31 Å². The van der Waals surface area contributed by atoms with Gasteiger partial charge in [0.25, 0.3) is 0 Å². The average molecular weight is 583 g/mol. The monoisotopic (exact) mass is 581 g/mol. The number of ether oxygens (including phenoxy) is 1. The minimum Gasteiger partial charge on any atom is -0.494 e. The molecule has 0 saturated carbocycles. The van der Waals surface area contributed by atoms with Crippen LogP contribution in [0.4, 0.5) is 5.69 Å². The van der Waals surface area contributed by atoms with Crippen molar-refractivity contribution in [2.75, 3.05) is 23.7 Å². The first kappa shape index (κ1) is 29.6. The van der Waals surface area contributed by atoms with Crippen LogP contribution in [0.25, 0.3) is 0 Å². The SMILES string of the molecule is CCOc1ccc(N(CCCC(=O)N(Cc2ccc(Br)cc2)[C@H](C)C(=O)NC(C)C)S(C)(=O)=O)cc1. The summed E-state index contributed by atoms with van der Waals surface area (Å²) in [4.78, 5) is 27.5. The number of nitrogens with zero attached hydrogens (tertiary/aromatic N) is 2. The van der Waals surface area contributed by atoms with Crippen LogP contribution < -0.4 is 14.4 Å². The third-order valence-corrected chi connectivity index (χ3v) is 7.18. The lowest BCUT2D eigenvalue weighted by atomic mass is 10.1. The molecule has 198 valence electrons. The first-order valence-electron chi connectivity index (χ1n) is 12.0. The summed E-state index contributed by atoms with van der Waals surface area (Å²) in [6.07, 6.45) is 1.54. The van der Waals surface area contributed by atoms with Crippen molar-refractivity contribution in [3.8, 4) is 5.75 Å². The summed E-state index contributed by atoms with van der Waals surface area (Å²) < 4.78 is 32.6. The Morgan fingerprint density at radius 1 is 1.03 bits per heavy atom. The van der Waals surface area contributed by atoms with Crippen LogP contribution in [0.15, 0.2) is 53.0 Å². The summed E-state index contributed by atoms with van der Waals surface area (Å²) in [5.74, 6) is 0.203. The van der Waals surface area contributed by atoms with E-state index >= 15 is 0 Å². The maximum absolute atomic E-state index is 13.3. The number of anilines is 1. The van der Waals surface area contributed by atoms with Crippen LogP contribution in [0.2, 0.25) is 0 Å². The third kappa shape index (κ3) is 9.13. The maximum Gasteiger partial charge on any atom is 0.242 e. The Balaban J connectivity index is 2.14.